The van der Waals surface area contributed by atoms with Gasteiger partial charge in [0.1, 0.15) is 23.0 Å². The Morgan fingerprint density at radius 3 is 2.16 bits per heavy atom. The lowest BCUT2D eigenvalue weighted by Gasteiger charge is -2.12. The van der Waals surface area contributed by atoms with Crippen molar-refractivity contribution in [2.24, 2.45) is 0 Å². The standard InChI is InChI=1S/C26H20N2O3/c1-2-26(29)28-20-10-14-23(15-11-20)31-25-16-17-27-18-24(25)19-8-12-22(13-9-19)30-21-6-4-3-5-7-21/h2-18H,1H2,(H,28,29). The molecule has 0 aliphatic carbocycles. The van der Waals surface area contributed by atoms with Gasteiger partial charge in [0.25, 0.3) is 0 Å². The van der Waals surface area contributed by atoms with E-state index in [1.807, 2.05) is 60.7 Å². The molecule has 0 spiro atoms. The fraction of sp³-hybridized carbons (Fsp3) is 0. The lowest BCUT2D eigenvalue weighted by Crippen LogP contribution is -2.06. The van der Waals surface area contributed by atoms with Crippen LogP contribution in [-0.2, 0) is 4.79 Å². The predicted molar refractivity (Wildman–Crippen MR) is 122 cm³/mol. The smallest absolute Gasteiger partial charge is 0.247 e. The minimum absolute atomic E-state index is 0.259. The first-order valence-corrected chi connectivity index (χ1v) is 9.70. The van der Waals surface area contributed by atoms with Gasteiger partial charge in [0.05, 0.1) is 0 Å². The van der Waals surface area contributed by atoms with E-state index in [0.29, 0.717) is 17.2 Å². The van der Waals surface area contributed by atoms with Crippen LogP contribution >= 0.6 is 0 Å². The van der Waals surface area contributed by atoms with E-state index >= 15 is 0 Å². The van der Waals surface area contributed by atoms with Crippen LogP contribution in [0, 0.1) is 0 Å². The first kappa shape index (κ1) is 19.9. The van der Waals surface area contributed by atoms with Crippen molar-refractivity contribution in [1.82, 2.24) is 4.98 Å². The molecule has 0 saturated heterocycles. The summed E-state index contributed by atoms with van der Waals surface area (Å²) in [4.78, 5) is 15.7. The number of para-hydroxylation sites is 1. The Kier molecular flexibility index (Phi) is 6.05. The highest BCUT2D eigenvalue weighted by atomic mass is 16.5. The number of benzene rings is 3. The minimum Gasteiger partial charge on any atom is -0.457 e. The van der Waals surface area contributed by atoms with Gasteiger partial charge in [-0.05, 0) is 66.2 Å². The molecule has 0 atom stereocenters. The van der Waals surface area contributed by atoms with E-state index in [2.05, 4.69) is 16.9 Å². The lowest BCUT2D eigenvalue weighted by molar-refractivity contribution is -0.111. The zero-order chi connectivity index (χ0) is 21.5. The molecule has 0 saturated carbocycles. The second kappa shape index (κ2) is 9.41. The summed E-state index contributed by atoms with van der Waals surface area (Å²) in [5.41, 5.74) is 2.48. The fourth-order valence-corrected chi connectivity index (χ4v) is 2.94. The quantitative estimate of drug-likeness (QED) is 0.357. The van der Waals surface area contributed by atoms with Gasteiger partial charge in [-0.2, -0.15) is 0 Å². The molecular formula is C26H20N2O3. The molecular weight excluding hydrogens is 388 g/mol. The molecule has 1 N–H and O–H groups in total. The van der Waals surface area contributed by atoms with Crippen molar-refractivity contribution in [2.45, 2.75) is 0 Å². The summed E-state index contributed by atoms with van der Waals surface area (Å²) < 4.78 is 11.9. The zero-order valence-electron chi connectivity index (χ0n) is 16.7. The van der Waals surface area contributed by atoms with Gasteiger partial charge >= 0.3 is 0 Å². The number of anilines is 1. The fourth-order valence-electron chi connectivity index (χ4n) is 2.94. The van der Waals surface area contributed by atoms with Gasteiger partial charge in [-0.15, -0.1) is 0 Å². The van der Waals surface area contributed by atoms with Crippen molar-refractivity contribution >= 4 is 11.6 Å². The third kappa shape index (κ3) is 5.16. The molecule has 0 fully saturated rings. The summed E-state index contributed by atoms with van der Waals surface area (Å²) in [5.74, 6) is 2.60. The van der Waals surface area contributed by atoms with Crippen LogP contribution in [0.3, 0.4) is 0 Å². The van der Waals surface area contributed by atoms with Crippen LogP contribution in [-0.4, -0.2) is 10.9 Å². The molecule has 0 bridgehead atoms. The van der Waals surface area contributed by atoms with E-state index in [9.17, 15) is 4.79 Å². The molecule has 5 heteroatoms. The highest BCUT2D eigenvalue weighted by molar-refractivity contribution is 5.98. The average Bonchev–Trinajstić information content (AvgIpc) is 2.82. The summed E-state index contributed by atoms with van der Waals surface area (Å²) in [5, 5.41) is 2.71. The molecule has 0 radical (unpaired) electrons. The van der Waals surface area contributed by atoms with Crippen LogP contribution < -0.4 is 14.8 Å². The number of amides is 1. The lowest BCUT2D eigenvalue weighted by atomic mass is 10.1. The van der Waals surface area contributed by atoms with E-state index in [1.54, 1.807) is 36.7 Å². The predicted octanol–water partition coefficient (Wildman–Crippen LogP) is 6.46. The number of ether oxygens (including phenoxy) is 2. The van der Waals surface area contributed by atoms with Crippen LogP contribution in [0.15, 0.2) is 110 Å². The summed E-state index contributed by atoms with van der Waals surface area (Å²) in [6, 6.07) is 26.3. The SMILES string of the molecule is C=CC(=O)Nc1ccc(Oc2ccncc2-c2ccc(Oc3ccccc3)cc2)cc1. The van der Waals surface area contributed by atoms with Gasteiger partial charge in [0, 0.05) is 23.6 Å². The second-order valence-electron chi connectivity index (χ2n) is 6.63. The van der Waals surface area contributed by atoms with Gasteiger partial charge in [0.2, 0.25) is 5.91 Å². The number of nitrogens with zero attached hydrogens (tertiary/aromatic N) is 1. The Labute approximate surface area is 180 Å². The van der Waals surface area contributed by atoms with E-state index in [-0.39, 0.29) is 5.91 Å². The Morgan fingerprint density at radius 1 is 0.806 bits per heavy atom. The summed E-state index contributed by atoms with van der Waals surface area (Å²) in [6.07, 6.45) is 4.68. The first-order chi connectivity index (χ1) is 15.2. The molecule has 5 nitrogen and oxygen atoms in total. The Hall–Kier alpha value is -4.38. The number of pyridine rings is 1. The van der Waals surface area contributed by atoms with Gasteiger partial charge in [-0.25, -0.2) is 0 Å². The Balaban J connectivity index is 1.51. The van der Waals surface area contributed by atoms with E-state index < -0.39 is 0 Å². The van der Waals surface area contributed by atoms with Crippen LogP contribution in [0.1, 0.15) is 0 Å². The van der Waals surface area contributed by atoms with Crippen molar-refractivity contribution in [1.29, 1.82) is 0 Å². The average molecular weight is 408 g/mol. The molecule has 152 valence electrons. The summed E-state index contributed by atoms with van der Waals surface area (Å²) in [6.45, 7) is 3.44. The number of hydrogen-bond acceptors (Lipinski definition) is 4. The van der Waals surface area contributed by atoms with Crippen LogP contribution in [0.2, 0.25) is 0 Å². The van der Waals surface area contributed by atoms with E-state index in [0.717, 1.165) is 22.6 Å². The molecule has 1 aromatic heterocycles. The van der Waals surface area contributed by atoms with E-state index in [1.165, 1.54) is 6.08 Å². The van der Waals surface area contributed by atoms with Crippen molar-refractivity contribution in [3.63, 3.8) is 0 Å². The molecule has 0 unspecified atom stereocenters. The number of rotatable bonds is 7. The third-order valence-corrected chi connectivity index (χ3v) is 4.46. The van der Waals surface area contributed by atoms with Crippen LogP contribution in [0.25, 0.3) is 11.1 Å². The molecule has 31 heavy (non-hydrogen) atoms. The van der Waals surface area contributed by atoms with Crippen LogP contribution in [0.5, 0.6) is 23.0 Å². The maximum atomic E-state index is 11.4. The number of carbonyl (C=O) groups excluding carboxylic acids is 1. The van der Waals surface area contributed by atoms with Crippen molar-refractivity contribution in [3.05, 3.63) is 110 Å². The molecule has 0 aliphatic heterocycles. The van der Waals surface area contributed by atoms with Crippen LogP contribution in [0.4, 0.5) is 5.69 Å². The number of aromatic nitrogens is 1. The number of hydrogen-bond donors (Lipinski definition) is 1. The maximum Gasteiger partial charge on any atom is 0.247 e. The van der Waals surface area contributed by atoms with Gasteiger partial charge < -0.3 is 14.8 Å². The van der Waals surface area contributed by atoms with E-state index in [4.69, 9.17) is 9.47 Å². The largest absolute Gasteiger partial charge is 0.457 e. The number of nitrogens with one attached hydrogen (secondary N) is 1. The van der Waals surface area contributed by atoms with Crippen molar-refractivity contribution in [2.75, 3.05) is 5.32 Å². The highest BCUT2D eigenvalue weighted by Crippen LogP contribution is 2.34. The third-order valence-electron chi connectivity index (χ3n) is 4.46. The van der Waals surface area contributed by atoms with Crippen molar-refractivity contribution in [3.8, 4) is 34.1 Å². The minimum atomic E-state index is -0.259. The normalized spacial score (nSPS) is 10.2. The molecule has 4 rings (SSSR count). The van der Waals surface area contributed by atoms with Gasteiger partial charge in [-0.3, -0.25) is 9.78 Å². The molecule has 1 amide bonds. The maximum absolute atomic E-state index is 11.4. The van der Waals surface area contributed by atoms with Gasteiger partial charge in [-0.1, -0.05) is 36.9 Å². The first-order valence-electron chi connectivity index (χ1n) is 9.70. The molecule has 3 aromatic carbocycles. The topological polar surface area (TPSA) is 60.5 Å². The number of carbonyl (C=O) groups is 1. The molecule has 0 aliphatic rings. The van der Waals surface area contributed by atoms with Crippen molar-refractivity contribution < 1.29 is 14.3 Å². The highest BCUT2D eigenvalue weighted by Gasteiger charge is 2.09. The second-order valence-corrected chi connectivity index (χ2v) is 6.63. The summed E-state index contributed by atoms with van der Waals surface area (Å²) >= 11 is 0. The van der Waals surface area contributed by atoms with Gasteiger partial charge in [0.15, 0.2) is 0 Å². The molecule has 4 aromatic rings. The molecule has 1 heterocycles. The Morgan fingerprint density at radius 2 is 1.45 bits per heavy atom. The summed E-state index contributed by atoms with van der Waals surface area (Å²) in [7, 11) is 0. The Bertz CT molecular complexity index is 1170. The monoisotopic (exact) mass is 408 g/mol. The zero-order valence-corrected chi connectivity index (χ0v) is 16.7.